The Morgan fingerprint density at radius 3 is 2.76 bits per heavy atom. The van der Waals surface area contributed by atoms with Crippen molar-refractivity contribution in [1.82, 2.24) is 9.66 Å². The van der Waals surface area contributed by atoms with Crippen LogP contribution in [0, 0.1) is 9.39 Å². The average molecular weight is 781 g/mol. The fourth-order valence-electron chi connectivity index (χ4n) is 4.61. The maximum absolute atomic E-state index is 13.7. The SMILES string of the molecule is CCOc1cc(C=Nn2c(-c3cc4cc(Br)ccc4o3)nc3ccccc3c2=O)cc(I)c1OCC(=O)Nc1cccc(F)c1. The zero-order chi connectivity index (χ0) is 31.5. The number of ether oxygens (including phenoxy) is 2. The Labute approximate surface area is 277 Å². The molecule has 4 aromatic carbocycles. The van der Waals surface area contributed by atoms with E-state index in [0.29, 0.717) is 55.2 Å². The molecule has 1 N–H and O–H groups in total. The maximum atomic E-state index is 13.7. The van der Waals surface area contributed by atoms with Crippen LogP contribution in [0.1, 0.15) is 12.5 Å². The lowest BCUT2D eigenvalue weighted by Gasteiger charge is -2.15. The maximum Gasteiger partial charge on any atom is 0.282 e. The summed E-state index contributed by atoms with van der Waals surface area (Å²) in [4.78, 5) is 30.9. The zero-order valence-electron chi connectivity index (χ0n) is 23.6. The summed E-state index contributed by atoms with van der Waals surface area (Å²) < 4.78 is 34.0. The summed E-state index contributed by atoms with van der Waals surface area (Å²) in [5.41, 5.74) is 1.73. The minimum absolute atomic E-state index is 0.242. The molecule has 2 aromatic heterocycles. The number of furan rings is 1. The van der Waals surface area contributed by atoms with Gasteiger partial charge in [0.05, 0.1) is 27.3 Å². The van der Waals surface area contributed by atoms with Gasteiger partial charge in [-0.15, -0.1) is 0 Å². The van der Waals surface area contributed by atoms with E-state index in [9.17, 15) is 14.0 Å². The van der Waals surface area contributed by atoms with Crippen LogP contribution in [0.25, 0.3) is 33.5 Å². The highest BCUT2D eigenvalue weighted by Crippen LogP contribution is 2.34. The molecular weight excluding hydrogens is 758 g/mol. The van der Waals surface area contributed by atoms with Gasteiger partial charge in [-0.3, -0.25) is 9.59 Å². The first-order chi connectivity index (χ1) is 21.8. The molecule has 2 heterocycles. The second kappa shape index (κ2) is 13.2. The number of nitrogens with zero attached hydrogens (tertiary/aromatic N) is 3. The van der Waals surface area contributed by atoms with Crippen molar-refractivity contribution in [3.8, 4) is 23.1 Å². The van der Waals surface area contributed by atoms with E-state index in [1.165, 1.54) is 29.1 Å². The number of halogens is 3. The van der Waals surface area contributed by atoms with Crippen LogP contribution < -0.4 is 20.3 Å². The van der Waals surface area contributed by atoms with Gasteiger partial charge in [-0.05, 0) is 102 Å². The van der Waals surface area contributed by atoms with Crippen molar-refractivity contribution in [3.05, 3.63) is 115 Å². The first kappa shape index (κ1) is 30.5. The van der Waals surface area contributed by atoms with Crippen LogP contribution >= 0.6 is 38.5 Å². The predicted octanol–water partition coefficient (Wildman–Crippen LogP) is 7.61. The summed E-state index contributed by atoms with van der Waals surface area (Å²) in [6.45, 7) is 1.84. The molecule has 1 amide bonds. The van der Waals surface area contributed by atoms with E-state index in [2.05, 4.69) is 48.9 Å². The molecule has 0 aliphatic heterocycles. The summed E-state index contributed by atoms with van der Waals surface area (Å²) >= 11 is 5.56. The van der Waals surface area contributed by atoms with Crippen LogP contribution in [0.2, 0.25) is 0 Å². The zero-order valence-corrected chi connectivity index (χ0v) is 27.3. The van der Waals surface area contributed by atoms with E-state index in [1.54, 1.807) is 36.4 Å². The molecule has 0 spiro atoms. The summed E-state index contributed by atoms with van der Waals surface area (Å²) in [7, 11) is 0. The highest BCUT2D eigenvalue weighted by molar-refractivity contribution is 14.1. The molecule has 226 valence electrons. The fourth-order valence-corrected chi connectivity index (χ4v) is 5.77. The van der Waals surface area contributed by atoms with Crippen molar-refractivity contribution in [3.63, 3.8) is 0 Å². The standard InChI is InChI=1S/C33H23BrFIN4O5/c1-2-43-28-13-19(12-25(36)31(28)44-18-30(41)38-23-7-5-6-22(35)16-23)17-37-40-32(39-26-9-4-3-8-24(26)33(40)42)29-15-20-14-21(34)10-11-27(20)45-29/h3-17H,2,18H2,1H3,(H,38,41). The number of para-hydroxylation sites is 1. The molecule has 0 radical (unpaired) electrons. The first-order valence-electron chi connectivity index (χ1n) is 13.7. The number of carbonyl (C=O) groups excluding carboxylic acids is 1. The lowest BCUT2D eigenvalue weighted by molar-refractivity contribution is -0.118. The number of rotatable bonds is 9. The van der Waals surface area contributed by atoms with Gasteiger partial charge < -0.3 is 19.2 Å². The molecule has 0 bridgehead atoms. The number of amides is 1. The molecule has 6 aromatic rings. The predicted molar refractivity (Wildman–Crippen MR) is 183 cm³/mol. The number of anilines is 1. The Hall–Kier alpha value is -4.56. The Bertz CT molecular complexity index is 2160. The molecule has 0 saturated carbocycles. The van der Waals surface area contributed by atoms with Crippen LogP contribution in [0.15, 0.2) is 104 Å². The van der Waals surface area contributed by atoms with E-state index in [1.807, 2.05) is 37.3 Å². The minimum atomic E-state index is -0.460. The Kier molecular flexibility index (Phi) is 8.94. The van der Waals surface area contributed by atoms with Crippen molar-refractivity contribution < 1.29 is 23.1 Å². The molecule has 0 saturated heterocycles. The molecule has 6 rings (SSSR count). The lowest BCUT2D eigenvalue weighted by atomic mass is 10.2. The van der Waals surface area contributed by atoms with Gasteiger partial charge in [0.25, 0.3) is 11.5 Å². The van der Waals surface area contributed by atoms with E-state index >= 15 is 0 Å². The molecule has 0 unspecified atom stereocenters. The van der Waals surface area contributed by atoms with Crippen LogP contribution in [0.5, 0.6) is 11.5 Å². The smallest absolute Gasteiger partial charge is 0.282 e. The van der Waals surface area contributed by atoms with Crippen LogP contribution in [-0.2, 0) is 4.79 Å². The second-order valence-corrected chi connectivity index (χ2v) is 11.8. The minimum Gasteiger partial charge on any atom is -0.490 e. The van der Waals surface area contributed by atoms with Gasteiger partial charge in [0.2, 0.25) is 5.82 Å². The molecule has 12 heteroatoms. The largest absolute Gasteiger partial charge is 0.490 e. The number of carbonyl (C=O) groups is 1. The summed E-state index contributed by atoms with van der Waals surface area (Å²) in [5.74, 6) is 0.454. The molecule has 9 nitrogen and oxygen atoms in total. The molecule has 0 fully saturated rings. The van der Waals surface area contributed by atoms with Gasteiger partial charge in [0.1, 0.15) is 11.4 Å². The lowest BCUT2D eigenvalue weighted by Crippen LogP contribution is -2.21. The normalized spacial score (nSPS) is 11.4. The van der Waals surface area contributed by atoms with Crippen LogP contribution in [-0.4, -0.2) is 35.0 Å². The van der Waals surface area contributed by atoms with Crippen molar-refractivity contribution in [1.29, 1.82) is 0 Å². The number of nitrogens with one attached hydrogen (secondary N) is 1. The Balaban J connectivity index is 1.33. The van der Waals surface area contributed by atoms with E-state index in [4.69, 9.17) is 18.9 Å². The quantitative estimate of drug-likeness (QED) is 0.120. The summed E-state index contributed by atoms with van der Waals surface area (Å²) in [5, 5.41) is 8.39. The number of fused-ring (bicyclic) bond motifs is 2. The van der Waals surface area contributed by atoms with E-state index < -0.39 is 11.7 Å². The van der Waals surface area contributed by atoms with Crippen LogP contribution in [0.4, 0.5) is 10.1 Å². The molecule has 0 atom stereocenters. The number of hydrogen-bond donors (Lipinski definition) is 1. The average Bonchev–Trinajstić information content (AvgIpc) is 3.43. The second-order valence-electron chi connectivity index (χ2n) is 9.72. The molecule has 0 aliphatic carbocycles. The molecule has 45 heavy (non-hydrogen) atoms. The van der Waals surface area contributed by atoms with Gasteiger partial charge in [0.15, 0.2) is 23.9 Å². The molecular formula is C33H23BrFIN4O5. The Morgan fingerprint density at radius 2 is 1.93 bits per heavy atom. The molecule has 0 aliphatic rings. The topological polar surface area (TPSA) is 108 Å². The highest BCUT2D eigenvalue weighted by Gasteiger charge is 2.18. The number of aromatic nitrogens is 2. The Morgan fingerprint density at radius 1 is 1.09 bits per heavy atom. The third-order valence-corrected chi connectivity index (χ3v) is 7.86. The first-order valence-corrected chi connectivity index (χ1v) is 15.6. The number of benzene rings is 4. The van der Waals surface area contributed by atoms with E-state index in [0.717, 1.165) is 9.86 Å². The van der Waals surface area contributed by atoms with Gasteiger partial charge in [-0.1, -0.05) is 34.1 Å². The van der Waals surface area contributed by atoms with Crippen molar-refractivity contribution in [2.75, 3.05) is 18.5 Å². The summed E-state index contributed by atoms with van der Waals surface area (Å²) in [6.07, 6.45) is 1.52. The highest BCUT2D eigenvalue weighted by atomic mass is 127. The van der Waals surface area contributed by atoms with Crippen LogP contribution in [0.3, 0.4) is 0 Å². The third-order valence-electron chi connectivity index (χ3n) is 6.56. The van der Waals surface area contributed by atoms with E-state index in [-0.39, 0.29) is 18.0 Å². The van der Waals surface area contributed by atoms with Crippen molar-refractivity contribution in [2.24, 2.45) is 5.10 Å². The van der Waals surface area contributed by atoms with Crippen molar-refractivity contribution in [2.45, 2.75) is 6.92 Å². The van der Waals surface area contributed by atoms with Gasteiger partial charge in [0, 0.05) is 15.5 Å². The van der Waals surface area contributed by atoms with Gasteiger partial charge in [-0.2, -0.15) is 9.78 Å². The monoisotopic (exact) mass is 780 g/mol. The van der Waals surface area contributed by atoms with Gasteiger partial charge in [-0.25, -0.2) is 9.37 Å². The third kappa shape index (κ3) is 6.76. The van der Waals surface area contributed by atoms with Crippen molar-refractivity contribution >= 4 is 78.2 Å². The fraction of sp³-hybridized carbons (Fsp3) is 0.0909. The van der Waals surface area contributed by atoms with Gasteiger partial charge >= 0.3 is 0 Å². The summed E-state index contributed by atoms with van der Waals surface area (Å²) in [6, 6.07) is 23.6. The number of hydrogen-bond acceptors (Lipinski definition) is 7.